The van der Waals surface area contributed by atoms with Crippen LogP contribution in [0.5, 0.6) is 0 Å². The summed E-state index contributed by atoms with van der Waals surface area (Å²) in [5.41, 5.74) is 6.58. The Kier molecular flexibility index (Phi) is 5.22. The van der Waals surface area contributed by atoms with Crippen LogP contribution in [0.25, 0.3) is 6.08 Å². The molecule has 4 atom stereocenters. The molecular formula is C27H19ClFN3O2. The van der Waals surface area contributed by atoms with Crippen LogP contribution < -0.4 is 10.6 Å². The number of carbonyl (C=O) groups is 2. The van der Waals surface area contributed by atoms with E-state index in [1.807, 2.05) is 35.2 Å². The maximum atomic E-state index is 14.1. The number of benzene rings is 3. The van der Waals surface area contributed by atoms with Crippen LogP contribution in [0.15, 0.2) is 78.9 Å². The largest absolute Gasteiger partial charge is 0.368 e. The molecule has 0 radical (unpaired) electrons. The van der Waals surface area contributed by atoms with Gasteiger partial charge in [0, 0.05) is 22.2 Å². The third kappa shape index (κ3) is 3.12. The number of ketones is 1. The van der Waals surface area contributed by atoms with Crippen molar-refractivity contribution in [2.45, 2.75) is 18.0 Å². The minimum atomic E-state index is -1.77. The Morgan fingerprint density at radius 2 is 1.71 bits per heavy atom. The highest BCUT2D eigenvalue weighted by atomic mass is 35.5. The highest BCUT2D eigenvalue weighted by Gasteiger charge is 2.65. The van der Waals surface area contributed by atoms with Gasteiger partial charge < -0.3 is 10.6 Å². The molecule has 2 heterocycles. The van der Waals surface area contributed by atoms with E-state index in [0.717, 1.165) is 5.56 Å². The number of para-hydroxylation sites is 1. The lowest BCUT2D eigenvalue weighted by molar-refractivity contribution is -0.125. The lowest BCUT2D eigenvalue weighted by atomic mass is 9.67. The molecule has 0 saturated carbocycles. The fourth-order valence-corrected chi connectivity index (χ4v) is 5.38. The maximum Gasteiger partial charge on any atom is 0.241 e. The van der Waals surface area contributed by atoms with Crippen LogP contribution >= 0.6 is 11.6 Å². The van der Waals surface area contributed by atoms with Gasteiger partial charge in [0.15, 0.2) is 11.2 Å². The second-order valence-electron chi connectivity index (χ2n) is 8.46. The van der Waals surface area contributed by atoms with Crippen LogP contribution in [0.3, 0.4) is 0 Å². The zero-order valence-electron chi connectivity index (χ0n) is 17.9. The van der Waals surface area contributed by atoms with Crippen molar-refractivity contribution in [3.8, 4) is 6.07 Å². The average Bonchev–Trinajstić information content (AvgIpc) is 3.16. The van der Waals surface area contributed by atoms with Crippen LogP contribution in [0, 0.1) is 22.6 Å². The summed E-state index contributed by atoms with van der Waals surface area (Å²) in [6.45, 7) is 0. The van der Waals surface area contributed by atoms with E-state index in [0.29, 0.717) is 21.8 Å². The van der Waals surface area contributed by atoms with Crippen LogP contribution in [0.1, 0.15) is 27.4 Å². The first-order valence-electron chi connectivity index (χ1n) is 10.7. The number of hydrogen-bond acceptors (Lipinski definition) is 4. The van der Waals surface area contributed by atoms with Crippen LogP contribution in [0.2, 0.25) is 5.02 Å². The number of fused-ring (bicyclic) bond motifs is 3. The molecule has 0 unspecified atom stereocenters. The fraction of sp³-hybridized carbons (Fsp3) is 0.148. The monoisotopic (exact) mass is 471 g/mol. The molecule has 7 heteroatoms. The van der Waals surface area contributed by atoms with Gasteiger partial charge in [-0.25, -0.2) is 4.39 Å². The topological polar surface area (TPSA) is 87.2 Å². The minimum absolute atomic E-state index is 0.292. The molecule has 3 aromatic carbocycles. The van der Waals surface area contributed by atoms with Crippen molar-refractivity contribution in [1.29, 1.82) is 5.26 Å². The van der Waals surface area contributed by atoms with Crippen molar-refractivity contribution < 1.29 is 14.0 Å². The Morgan fingerprint density at radius 3 is 2.35 bits per heavy atom. The van der Waals surface area contributed by atoms with Crippen LogP contribution in [-0.4, -0.2) is 23.8 Å². The molecule has 34 heavy (non-hydrogen) atoms. The van der Waals surface area contributed by atoms with Crippen LogP contribution in [-0.2, 0) is 4.79 Å². The van der Waals surface area contributed by atoms with Gasteiger partial charge in [0.25, 0.3) is 0 Å². The summed E-state index contributed by atoms with van der Waals surface area (Å²) < 4.78 is 13.8. The quantitative estimate of drug-likeness (QED) is 0.557. The van der Waals surface area contributed by atoms with Gasteiger partial charge in [-0.05, 0) is 53.6 Å². The van der Waals surface area contributed by atoms with Crippen molar-refractivity contribution in [3.63, 3.8) is 0 Å². The molecule has 168 valence electrons. The van der Waals surface area contributed by atoms with Gasteiger partial charge in [-0.1, -0.05) is 54.1 Å². The number of nitrogens with two attached hydrogens (primary N) is 1. The number of nitrogens with zero attached hydrogens (tertiary/aromatic N) is 2. The maximum absolute atomic E-state index is 14.1. The summed E-state index contributed by atoms with van der Waals surface area (Å²) in [5.74, 6) is -2.54. The molecule has 3 aromatic rings. The average molecular weight is 472 g/mol. The first kappa shape index (κ1) is 21.9. The summed E-state index contributed by atoms with van der Waals surface area (Å²) in [7, 11) is 0. The van der Waals surface area contributed by atoms with E-state index in [1.165, 1.54) is 24.3 Å². The predicted molar refractivity (Wildman–Crippen MR) is 128 cm³/mol. The van der Waals surface area contributed by atoms with E-state index < -0.39 is 35.1 Å². The smallest absolute Gasteiger partial charge is 0.241 e. The number of Topliss-reactive ketones (excluding diaryl/α,β-unsaturated/α-hetero) is 1. The molecule has 0 aromatic heterocycles. The molecule has 2 N–H and O–H groups in total. The van der Waals surface area contributed by atoms with Crippen molar-refractivity contribution in [3.05, 3.63) is 106 Å². The number of nitriles is 1. The third-order valence-electron chi connectivity index (χ3n) is 6.76. The number of anilines is 1. The van der Waals surface area contributed by atoms with Crippen molar-refractivity contribution in [1.82, 2.24) is 0 Å². The summed E-state index contributed by atoms with van der Waals surface area (Å²) >= 11 is 6.03. The van der Waals surface area contributed by atoms with Gasteiger partial charge in [-0.15, -0.1) is 0 Å². The summed E-state index contributed by atoms with van der Waals surface area (Å²) in [6, 6.07) is 19.9. The predicted octanol–water partition coefficient (Wildman–Crippen LogP) is 4.73. The summed E-state index contributed by atoms with van der Waals surface area (Å²) in [6.07, 6.45) is 3.59. The molecule has 0 spiro atoms. The number of rotatable bonds is 4. The van der Waals surface area contributed by atoms with E-state index in [-0.39, 0.29) is 5.78 Å². The zero-order chi connectivity index (χ0) is 24.0. The standard InChI is InChI=1S/C27H19ClFN3O2/c28-19-10-5-18(6-11-19)25(33)24-23(17-7-12-20(29)13-8-17)27(15-30,26(31)34)22-14-9-16-3-1-2-4-21(16)32(22)24/h1-14,22-24H,(H2,31,34)/t22-,23-,24+,27-/m1/s1. The van der Waals surface area contributed by atoms with Crippen LogP contribution in [0.4, 0.5) is 10.1 Å². The Hall–Kier alpha value is -3.95. The summed E-state index contributed by atoms with van der Waals surface area (Å²) in [5, 5.41) is 10.9. The lowest BCUT2D eigenvalue weighted by Crippen LogP contribution is -2.49. The van der Waals surface area contributed by atoms with Gasteiger partial charge in [0.05, 0.1) is 12.1 Å². The third-order valence-corrected chi connectivity index (χ3v) is 7.02. The Labute approximate surface area is 200 Å². The van der Waals surface area contributed by atoms with Gasteiger partial charge in [-0.3, -0.25) is 9.59 Å². The number of amides is 1. The SMILES string of the molecule is N#C[C@]1(C(N)=O)[C@H](c2ccc(F)cc2)[C@@H](C(=O)c2ccc(Cl)cc2)N2c3ccccc3C=C[C@@H]21. The van der Waals surface area contributed by atoms with E-state index in [4.69, 9.17) is 17.3 Å². The number of carbonyl (C=O) groups excluding carboxylic acids is 2. The molecule has 2 aliphatic heterocycles. The number of primary amides is 1. The highest BCUT2D eigenvalue weighted by molar-refractivity contribution is 6.30. The van der Waals surface area contributed by atoms with E-state index in [9.17, 15) is 19.2 Å². The molecular weight excluding hydrogens is 453 g/mol. The van der Waals surface area contributed by atoms with Gasteiger partial charge in [-0.2, -0.15) is 5.26 Å². The number of halogens is 2. The van der Waals surface area contributed by atoms with Crippen molar-refractivity contribution >= 4 is 35.1 Å². The van der Waals surface area contributed by atoms with E-state index >= 15 is 0 Å². The zero-order valence-corrected chi connectivity index (χ0v) is 18.6. The fourth-order valence-electron chi connectivity index (χ4n) is 5.26. The lowest BCUT2D eigenvalue weighted by Gasteiger charge is -2.36. The number of hydrogen-bond donors (Lipinski definition) is 1. The molecule has 1 fully saturated rings. The Balaban J connectivity index is 1.80. The second kappa shape index (κ2) is 8.12. The molecule has 5 rings (SSSR count). The molecule has 1 amide bonds. The second-order valence-corrected chi connectivity index (χ2v) is 8.90. The molecule has 2 aliphatic rings. The Morgan fingerprint density at radius 1 is 1.03 bits per heavy atom. The minimum Gasteiger partial charge on any atom is -0.368 e. The molecule has 0 bridgehead atoms. The molecule has 0 aliphatic carbocycles. The van der Waals surface area contributed by atoms with Crippen molar-refractivity contribution in [2.75, 3.05) is 4.90 Å². The van der Waals surface area contributed by atoms with Crippen molar-refractivity contribution in [2.24, 2.45) is 11.1 Å². The molecule has 1 saturated heterocycles. The van der Waals surface area contributed by atoms with Gasteiger partial charge >= 0.3 is 0 Å². The van der Waals surface area contributed by atoms with Gasteiger partial charge in [0.1, 0.15) is 11.9 Å². The first-order valence-corrected chi connectivity index (χ1v) is 11.1. The van der Waals surface area contributed by atoms with E-state index in [2.05, 4.69) is 6.07 Å². The normalized spacial score (nSPS) is 24.7. The summed E-state index contributed by atoms with van der Waals surface area (Å²) in [4.78, 5) is 28.9. The molecule has 5 nitrogen and oxygen atoms in total. The van der Waals surface area contributed by atoms with Gasteiger partial charge in [0.2, 0.25) is 5.91 Å². The Bertz CT molecular complexity index is 1360. The van der Waals surface area contributed by atoms with E-state index in [1.54, 1.807) is 30.3 Å². The first-order chi connectivity index (χ1) is 16.4. The highest BCUT2D eigenvalue weighted by Crippen LogP contribution is 2.55.